The topological polar surface area (TPSA) is 59.1 Å². The Kier molecular flexibility index (Phi) is 8.59. The molecule has 0 saturated heterocycles. The van der Waals surface area contributed by atoms with E-state index in [4.69, 9.17) is 4.74 Å². The molecule has 0 bridgehead atoms. The highest BCUT2D eigenvalue weighted by Crippen LogP contribution is 2.36. The fourth-order valence-corrected chi connectivity index (χ4v) is 3.56. The summed E-state index contributed by atoms with van der Waals surface area (Å²) in [6.45, 7) is 8.00. The lowest BCUT2D eigenvalue weighted by molar-refractivity contribution is -0.137. The van der Waals surface area contributed by atoms with Crippen LogP contribution in [0.4, 0.5) is 36.3 Å². The molecule has 0 spiro atoms. The second kappa shape index (κ2) is 11.4. The maximum atomic E-state index is 13.7. The number of aryl methyl sites for hydroxylation is 1. The number of nitrogens with one attached hydrogen (secondary N) is 2. The number of anilines is 4. The Morgan fingerprint density at radius 3 is 2.26 bits per heavy atom. The number of alkyl halides is 3. The minimum Gasteiger partial charge on any atom is -0.488 e. The van der Waals surface area contributed by atoms with Gasteiger partial charge in [-0.15, -0.1) is 0 Å². The maximum Gasteiger partial charge on any atom is 0.421 e. The number of rotatable bonds is 10. The number of hydrogen-bond donors (Lipinski definition) is 2. The van der Waals surface area contributed by atoms with Gasteiger partial charge in [-0.25, -0.2) is 4.98 Å². The second-order valence-corrected chi connectivity index (χ2v) is 9.41. The van der Waals surface area contributed by atoms with E-state index in [-0.39, 0.29) is 17.4 Å². The van der Waals surface area contributed by atoms with Crippen molar-refractivity contribution in [2.75, 3.05) is 10.6 Å². The summed E-state index contributed by atoms with van der Waals surface area (Å²) in [4.78, 5) is 8.08. The third-order valence-corrected chi connectivity index (χ3v) is 5.20. The zero-order valence-electron chi connectivity index (χ0n) is 20.7. The van der Waals surface area contributed by atoms with Crippen molar-refractivity contribution >= 4 is 23.1 Å². The van der Waals surface area contributed by atoms with Gasteiger partial charge in [-0.2, -0.15) is 18.2 Å². The Bertz CT molecular complexity index is 1090. The van der Waals surface area contributed by atoms with Gasteiger partial charge in [-0.1, -0.05) is 44.4 Å². The molecule has 2 aromatic carbocycles. The number of para-hydroxylation sites is 1. The van der Waals surface area contributed by atoms with Crippen LogP contribution < -0.4 is 15.4 Å². The third kappa shape index (κ3) is 8.16. The first-order valence-electron chi connectivity index (χ1n) is 11.9. The molecule has 188 valence electrons. The molecule has 2 N–H and O–H groups in total. The van der Waals surface area contributed by atoms with E-state index in [9.17, 15) is 13.2 Å². The number of ether oxygens (including phenoxy) is 1. The largest absolute Gasteiger partial charge is 0.488 e. The Morgan fingerprint density at radius 1 is 0.886 bits per heavy atom. The van der Waals surface area contributed by atoms with E-state index in [1.807, 2.05) is 32.9 Å². The number of hydrogen-bond acceptors (Lipinski definition) is 5. The van der Waals surface area contributed by atoms with Gasteiger partial charge in [0.2, 0.25) is 5.95 Å². The number of halogens is 3. The van der Waals surface area contributed by atoms with Crippen molar-refractivity contribution in [3.05, 3.63) is 65.9 Å². The molecule has 35 heavy (non-hydrogen) atoms. The third-order valence-electron chi connectivity index (χ3n) is 5.20. The first-order chi connectivity index (χ1) is 16.5. The number of nitrogens with zero attached hydrogens (tertiary/aromatic N) is 2. The van der Waals surface area contributed by atoms with Crippen LogP contribution in [0, 0.1) is 0 Å². The molecule has 0 unspecified atom stereocenters. The molecule has 0 fully saturated rings. The molecule has 0 radical (unpaired) electrons. The average molecular weight is 487 g/mol. The van der Waals surface area contributed by atoms with Crippen LogP contribution in [0.5, 0.6) is 5.75 Å². The minimum atomic E-state index is -4.59. The van der Waals surface area contributed by atoms with Gasteiger partial charge in [0.1, 0.15) is 22.7 Å². The van der Waals surface area contributed by atoms with Crippen LogP contribution in [0.1, 0.15) is 64.5 Å². The first-order valence-corrected chi connectivity index (χ1v) is 11.9. The molecule has 0 aliphatic heterocycles. The summed E-state index contributed by atoms with van der Waals surface area (Å²) in [7, 11) is 0. The second-order valence-electron chi connectivity index (χ2n) is 9.41. The van der Waals surface area contributed by atoms with Crippen molar-refractivity contribution in [3.63, 3.8) is 0 Å². The van der Waals surface area contributed by atoms with E-state index in [1.54, 1.807) is 36.4 Å². The summed E-state index contributed by atoms with van der Waals surface area (Å²) >= 11 is 0. The van der Waals surface area contributed by atoms with Gasteiger partial charge in [0.25, 0.3) is 0 Å². The molecule has 8 heteroatoms. The van der Waals surface area contributed by atoms with Crippen LogP contribution >= 0.6 is 0 Å². The van der Waals surface area contributed by atoms with Crippen LogP contribution in [0.15, 0.2) is 54.7 Å². The van der Waals surface area contributed by atoms with Gasteiger partial charge in [0.15, 0.2) is 0 Å². The highest BCUT2D eigenvalue weighted by molar-refractivity contribution is 5.65. The van der Waals surface area contributed by atoms with Crippen molar-refractivity contribution in [1.29, 1.82) is 0 Å². The molecular weight excluding hydrogens is 453 g/mol. The summed E-state index contributed by atoms with van der Waals surface area (Å²) in [5.74, 6) is 0.461. The van der Waals surface area contributed by atoms with E-state index >= 15 is 0 Å². The Hall–Kier alpha value is -3.29. The van der Waals surface area contributed by atoms with E-state index in [2.05, 4.69) is 27.5 Å². The van der Waals surface area contributed by atoms with Gasteiger partial charge in [0, 0.05) is 17.6 Å². The van der Waals surface area contributed by atoms with E-state index in [0.29, 0.717) is 17.1 Å². The molecule has 0 atom stereocenters. The summed E-state index contributed by atoms with van der Waals surface area (Å²) in [5.41, 5.74) is 0.950. The van der Waals surface area contributed by atoms with Crippen molar-refractivity contribution in [1.82, 2.24) is 9.97 Å². The molecule has 3 aromatic rings. The quantitative estimate of drug-likeness (QED) is 0.282. The van der Waals surface area contributed by atoms with Crippen LogP contribution in [-0.2, 0) is 12.6 Å². The molecule has 0 aliphatic carbocycles. The zero-order valence-corrected chi connectivity index (χ0v) is 20.7. The van der Waals surface area contributed by atoms with Crippen LogP contribution in [0.25, 0.3) is 0 Å². The SMILES string of the molecule is CCCCCCc1ccccc1Nc1nc(Nc2ccc(OC(C)(C)C)cc2)ncc1C(F)(F)F. The van der Waals surface area contributed by atoms with Crippen molar-refractivity contribution in [3.8, 4) is 5.75 Å². The van der Waals surface area contributed by atoms with Crippen LogP contribution in [0.3, 0.4) is 0 Å². The lowest BCUT2D eigenvalue weighted by Crippen LogP contribution is -2.22. The average Bonchev–Trinajstić information content (AvgIpc) is 2.77. The van der Waals surface area contributed by atoms with Gasteiger partial charge in [-0.3, -0.25) is 0 Å². The Morgan fingerprint density at radius 2 is 1.60 bits per heavy atom. The summed E-state index contributed by atoms with van der Waals surface area (Å²) in [6.07, 6.45) is 1.31. The van der Waals surface area contributed by atoms with E-state index in [1.165, 1.54) is 0 Å². The molecule has 5 nitrogen and oxygen atoms in total. The van der Waals surface area contributed by atoms with Crippen LogP contribution in [0.2, 0.25) is 0 Å². The number of benzene rings is 2. The molecule has 1 aromatic heterocycles. The predicted octanol–water partition coefficient (Wildman–Crippen LogP) is 8.28. The van der Waals surface area contributed by atoms with E-state index in [0.717, 1.165) is 43.9 Å². The monoisotopic (exact) mass is 486 g/mol. The summed E-state index contributed by atoms with van der Waals surface area (Å²) < 4.78 is 47.0. The van der Waals surface area contributed by atoms with Crippen molar-refractivity contribution in [2.45, 2.75) is 71.6 Å². The highest BCUT2D eigenvalue weighted by Gasteiger charge is 2.35. The normalized spacial score (nSPS) is 11.9. The van der Waals surface area contributed by atoms with Gasteiger partial charge < -0.3 is 15.4 Å². The standard InChI is InChI=1S/C27H33F3N4O/c1-5-6-7-8-11-19-12-9-10-13-23(19)33-24-22(27(28,29)30)18-31-25(34-24)32-20-14-16-21(17-15-20)35-26(2,3)4/h9-10,12-18H,5-8,11H2,1-4H3,(H2,31,32,33,34). The number of aromatic nitrogens is 2. The molecule has 0 saturated carbocycles. The maximum absolute atomic E-state index is 13.7. The van der Waals surface area contributed by atoms with Gasteiger partial charge in [0.05, 0.1) is 0 Å². The Labute approximate surface area is 205 Å². The first kappa shape index (κ1) is 26.3. The van der Waals surface area contributed by atoms with E-state index < -0.39 is 11.7 Å². The fourth-order valence-electron chi connectivity index (χ4n) is 3.56. The number of unbranched alkanes of at least 4 members (excludes halogenated alkanes) is 3. The lowest BCUT2D eigenvalue weighted by atomic mass is 10.0. The minimum absolute atomic E-state index is 0.0606. The smallest absolute Gasteiger partial charge is 0.421 e. The van der Waals surface area contributed by atoms with Crippen LogP contribution in [-0.4, -0.2) is 15.6 Å². The Balaban J connectivity index is 1.83. The molecule has 3 rings (SSSR count). The molecular formula is C27H33F3N4O. The summed E-state index contributed by atoms with van der Waals surface area (Å²) in [5, 5.41) is 5.90. The zero-order chi connectivity index (χ0) is 25.5. The lowest BCUT2D eigenvalue weighted by Gasteiger charge is -2.21. The van der Waals surface area contributed by atoms with Gasteiger partial charge >= 0.3 is 6.18 Å². The fraction of sp³-hybridized carbons (Fsp3) is 0.407. The predicted molar refractivity (Wildman–Crippen MR) is 135 cm³/mol. The molecule has 1 heterocycles. The van der Waals surface area contributed by atoms with Crippen molar-refractivity contribution in [2.24, 2.45) is 0 Å². The molecule has 0 amide bonds. The molecule has 0 aliphatic rings. The van der Waals surface area contributed by atoms with Crippen molar-refractivity contribution < 1.29 is 17.9 Å². The van der Waals surface area contributed by atoms with Gasteiger partial charge in [-0.05, 0) is 69.5 Å². The summed E-state index contributed by atoms with van der Waals surface area (Å²) in [6, 6.07) is 14.5. The highest BCUT2D eigenvalue weighted by atomic mass is 19.4.